The third kappa shape index (κ3) is 2.66. The van der Waals surface area contributed by atoms with Crippen molar-refractivity contribution in [2.24, 2.45) is 0 Å². The van der Waals surface area contributed by atoms with Gasteiger partial charge in [0.2, 0.25) is 0 Å². The van der Waals surface area contributed by atoms with E-state index in [-0.39, 0.29) is 16.8 Å². The number of benzene rings is 3. The molecule has 1 N–H and O–H groups in total. The molecule has 134 valence electrons. The van der Waals surface area contributed by atoms with Crippen molar-refractivity contribution in [1.29, 1.82) is 0 Å². The number of nitrogens with one attached hydrogen (secondary N) is 1. The number of methoxy groups -OCH3 is 1. The molecule has 6 heteroatoms. The minimum atomic E-state index is -0.963. The SMILES string of the molecule is COc1ccc(Nc2cc(F)c3c(c2F)C(=O)c2ccccc2C3=O)cc1. The third-order valence-electron chi connectivity index (χ3n) is 4.46. The van der Waals surface area contributed by atoms with Crippen molar-refractivity contribution in [3.8, 4) is 5.75 Å². The summed E-state index contributed by atoms with van der Waals surface area (Å²) >= 11 is 0. The van der Waals surface area contributed by atoms with E-state index in [1.807, 2.05) is 0 Å². The van der Waals surface area contributed by atoms with Crippen LogP contribution in [0.5, 0.6) is 5.75 Å². The van der Waals surface area contributed by atoms with Gasteiger partial charge in [0.25, 0.3) is 0 Å². The molecule has 0 aliphatic heterocycles. The number of anilines is 2. The van der Waals surface area contributed by atoms with E-state index in [1.54, 1.807) is 36.4 Å². The molecule has 1 aliphatic carbocycles. The van der Waals surface area contributed by atoms with Crippen LogP contribution in [0, 0.1) is 11.6 Å². The fourth-order valence-corrected chi connectivity index (χ4v) is 3.13. The first-order valence-electron chi connectivity index (χ1n) is 8.12. The number of hydrogen-bond donors (Lipinski definition) is 1. The van der Waals surface area contributed by atoms with Crippen molar-refractivity contribution >= 4 is 22.9 Å². The highest BCUT2D eigenvalue weighted by Crippen LogP contribution is 2.35. The average Bonchev–Trinajstić information content (AvgIpc) is 2.69. The van der Waals surface area contributed by atoms with Crippen LogP contribution < -0.4 is 10.1 Å². The highest BCUT2D eigenvalue weighted by Gasteiger charge is 2.35. The Hall–Kier alpha value is -3.54. The molecule has 0 atom stereocenters. The van der Waals surface area contributed by atoms with E-state index >= 15 is 4.39 Å². The van der Waals surface area contributed by atoms with Gasteiger partial charge in [-0.1, -0.05) is 24.3 Å². The molecule has 0 radical (unpaired) electrons. The molecule has 3 aromatic carbocycles. The lowest BCUT2D eigenvalue weighted by molar-refractivity contribution is 0.0972. The first-order valence-corrected chi connectivity index (χ1v) is 8.12. The number of ketones is 2. The van der Waals surface area contributed by atoms with E-state index in [4.69, 9.17) is 4.74 Å². The van der Waals surface area contributed by atoms with Crippen molar-refractivity contribution < 1.29 is 23.1 Å². The highest BCUT2D eigenvalue weighted by atomic mass is 19.1. The van der Waals surface area contributed by atoms with Gasteiger partial charge in [0.15, 0.2) is 17.4 Å². The summed E-state index contributed by atoms with van der Waals surface area (Å²) in [5.41, 5.74) is -0.689. The molecule has 0 spiro atoms. The standard InChI is InChI=1S/C21H13F2NO3/c1-27-12-8-6-11(7-9-12)24-16-10-15(22)17-18(19(16)23)21(26)14-5-3-2-4-13(14)20(17)25/h2-10,24H,1H3. The lowest BCUT2D eigenvalue weighted by Crippen LogP contribution is -2.24. The monoisotopic (exact) mass is 365 g/mol. The average molecular weight is 365 g/mol. The molecule has 0 saturated carbocycles. The van der Waals surface area contributed by atoms with Crippen LogP contribution in [0.15, 0.2) is 54.6 Å². The zero-order valence-corrected chi connectivity index (χ0v) is 14.2. The molecule has 0 fully saturated rings. The van der Waals surface area contributed by atoms with E-state index in [1.165, 1.54) is 19.2 Å². The smallest absolute Gasteiger partial charge is 0.197 e. The van der Waals surface area contributed by atoms with E-state index in [0.717, 1.165) is 6.07 Å². The van der Waals surface area contributed by atoms with Gasteiger partial charge >= 0.3 is 0 Å². The second kappa shape index (κ2) is 6.32. The van der Waals surface area contributed by atoms with Gasteiger partial charge < -0.3 is 10.1 Å². The Bertz CT molecular complexity index is 1090. The maximum atomic E-state index is 15.1. The summed E-state index contributed by atoms with van der Waals surface area (Å²) in [5, 5.41) is 2.74. The van der Waals surface area contributed by atoms with E-state index < -0.39 is 34.3 Å². The molecule has 3 aromatic rings. The van der Waals surface area contributed by atoms with E-state index in [9.17, 15) is 14.0 Å². The Balaban J connectivity index is 1.82. The van der Waals surface area contributed by atoms with Gasteiger partial charge in [0.05, 0.1) is 23.9 Å². The normalized spacial score (nSPS) is 12.4. The van der Waals surface area contributed by atoms with Crippen LogP contribution in [0.1, 0.15) is 31.8 Å². The highest BCUT2D eigenvalue weighted by molar-refractivity contribution is 6.28. The lowest BCUT2D eigenvalue weighted by atomic mass is 9.83. The van der Waals surface area contributed by atoms with Crippen LogP contribution >= 0.6 is 0 Å². The van der Waals surface area contributed by atoms with E-state index in [0.29, 0.717) is 11.4 Å². The fourth-order valence-electron chi connectivity index (χ4n) is 3.13. The Labute approximate surface area is 153 Å². The summed E-state index contributed by atoms with van der Waals surface area (Å²) in [5.74, 6) is -2.72. The molecule has 0 amide bonds. The summed E-state index contributed by atoms with van der Waals surface area (Å²) in [7, 11) is 1.52. The molecule has 4 nitrogen and oxygen atoms in total. The number of hydrogen-bond acceptors (Lipinski definition) is 4. The van der Waals surface area contributed by atoms with Gasteiger partial charge in [0.1, 0.15) is 11.6 Å². The van der Waals surface area contributed by atoms with Gasteiger partial charge in [0, 0.05) is 22.9 Å². The predicted octanol–water partition coefficient (Wildman–Crippen LogP) is 4.49. The van der Waals surface area contributed by atoms with Gasteiger partial charge in [-0.25, -0.2) is 8.78 Å². The lowest BCUT2D eigenvalue weighted by Gasteiger charge is -2.20. The molecule has 1 aliphatic rings. The molecule has 4 rings (SSSR count). The van der Waals surface area contributed by atoms with Gasteiger partial charge in [-0.05, 0) is 24.3 Å². The zero-order valence-electron chi connectivity index (χ0n) is 14.2. The van der Waals surface area contributed by atoms with Gasteiger partial charge in [-0.2, -0.15) is 0 Å². The zero-order chi connectivity index (χ0) is 19.1. The Morgan fingerprint density at radius 3 is 2.04 bits per heavy atom. The van der Waals surface area contributed by atoms with Crippen LogP contribution in [0.4, 0.5) is 20.2 Å². The predicted molar refractivity (Wildman–Crippen MR) is 95.9 cm³/mol. The second-order valence-corrected chi connectivity index (χ2v) is 6.03. The maximum Gasteiger partial charge on any atom is 0.197 e. The van der Waals surface area contributed by atoms with Gasteiger partial charge in [-0.15, -0.1) is 0 Å². The number of fused-ring (bicyclic) bond motifs is 2. The molecule has 0 saturated heterocycles. The first kappa shape index (κ1) is 16.9. The molecule has 0 bridgehead atoms. The van der Waals surface area contributed by atoms with Crippen molar-refractivity contribution in [2.75, 3.05) is 12.4 Å². The number of carbonyl (C=O) groups is 2. The van der Waals surface area contributed by atoms with Crippen LogP contribution in [-0.4, -0.2) is 18.7 Å². The quantitative estimate of drug-likeness (QED) is 0.581. The first-order chi connectivity index (χ1) is 13.0. The Morgan fingerprint density at radius 1 is 0.852 bits per heavy atom. The van der Waals surface area contributed by atoms with Crippen molar-refractivity contribution in [3.63, 3.8) is 0 Å². The van der Waals surface area contributed by atoms with Crippen molar-refractivity contribution in [1.82, 2.24) is 0 Å². The summed E-state index contributed by atoms with van der Waals surface area (Å²) < 4.78 is 34.8. The number of rotatable bonds is 3. The second-order valence-electron chi connectivity index (χ2n) is 6.03. The summed E-state index contributed by atoms with van der Waals surface area (Å²) in [6, 6.07) is 13.4. The number of halogens is 2. The molecule has 0 heterocycles. The Morgan fingerprint density at radius 2 is 1.44 bits per heavy atom. The molecular formula is C21H13F2NO3. The number of ether oxygens (including phenoxy) is 1. The molecule has 27 heavy (non-hydrogen) atoms. The summed E-state index contributed by atoms with van der Waals surface area (Å²) in [6.07, 6.45) is 0. The topological polar surface area (TPSA) is 55.4 Å². The largest absolute Gasteiger partial charge is 0.497 e. The minimum Gasteiger partial charge on any atom is -0.497 e. The van der Waals surface area contributed by atoms with Gasteiger partial charge in [-0.3, -0.25) is 9.59 Å². The van der Waals surface area contributed by atoms with E-state index in [2.05, 4.69) is 5.32 Å². The van der Waals surface area contributed by atoms with Crippen molar-refractivity contribution in [2.45, 2.75) is 0 Å². The van der Waals surface area contributed by atoms with Crippen LogP contribution in [0.3, 0.4) is 0 Å². The van der Waals surface area contributed by atoms with Crippen LogP contribution in [0.2, 0.25) is 0 Å². The Kier molecular flexibility index (Phi) is 3.96. The summed E-state index contributed by atoms with van der Waals surface area (Å²) in [6.45, 7) is 0. The molecular weight excluding hydrogens is 352 g/mol. The number of carbonyl (C=O) groups excluding carboxylic acids is 2. The summed E-state index contributed by atoms with van der Waals surface area (Å²) in [4.78, 5) is 25.3. The maximum absolute atomic E-state index is 15.1. The fraction of sp³-hybridized carbons (Fsp3) is 0.0476. The van der Waals surface area contributed by atoms with Crippen molar-refractivity contribution in [3.05, 3.63) is 88.5 Å². The van der Waals surface area contributed by atoms with Crippen LogP contribution in [-0.2, 0) is 0 Å². The van der Waals surface area contributed by atoms with Crippen LogP contribution in [0.25, 0.3) is 0 Å². The minimum absolute atomic E-state index is 0.0647. The molecule has 0 unspecified atom stereocenters. The third-order valence-corrected chi connectivity index (χ3v) is 4.46. The molecule has 0 aromatic heterocycles.